The van der Waals surface area contributed by atoms with Crippen LogP contribution < -0.4 is 10.6 Å². The van der Waals surface area contributed by atoms with E-state index in [1.807, 2.05) is 0 Å². The lowest BCUT2D eigenvalue weighted by Gasteiger charge is -2.11. The number of carbonyl (C=O) groups excluding carboxylic acids is 1. The number of likely N-dealkylation sites (N-methyl/N-ethyl adjacent to an activating group) is 1. The fourth-order valence-corrected chi connectivity index (χ4v) is 0.990. The molecular weight excluding hydrogens is 206 g/mol. The van der Waals surface area contributed by atoms with Crippen LogP contribution in [0.3, 0.4) is 0 Å². The number of anilines is 1. The van der Waals surface area contributed by atoms with E-state index in [0.29, 0.717) is 5.82 Å². The van der Waals surface area contributed by atoms with Crippen molar-refractivity contribution in [1.82, 2.24) is 20.5 Å². The van der Waals surface area contributed by atoms with E-state index in [1.165, 1.54) is 6.20 Å². The Bertz CT molecular complexity index is 332. The van der Waals surface area contributed by atoms with Gasteiger partial charge in [0.25, 0.3) is 0 Å². The van der Waals surface area contributed by atoms with Crippen molar-refractivity contribution in [2.45, 2.75) is 13.0 Å². The molecule has 0 spiro atoms. The Balaban J connectivity index is 2.64. The van der Waals surface area contributed by atoms with Crippen molar-refractivity contribution >= 4 is 23.3 Å². The molecule has 0 fully saturated rings. The monoisotopic (exact) mass is 215 g/mol. The molecule has 0 aliphatic heterocycles. The van der Waals surface area contributed by atoms with Crippen LogP contribution >= 0.6 is 11.6 Å². The van der Waals surface area contributed by atoms with E-state index in [4.69, 9.17) is 11.6 Å². The van der Waals surface area contributed by atoms with Gasteiger partial charge < -0.3 is 10.6 Å². The van der Waals surface area contributed by atoms with E-state index >= 15 is 0 Å². The molecule has 1 unspecified atom stereocenters. The molecule has 2 N–H and O–H groups in total. The fourth-order valence-electron chi connectivity index (χ4n) is 0.855. The summed E-state index contributed by atoms with van der Waals surface area (Å²) in [7, 11) is 1.56. The Hall–Kier alpha value is -1.43. The third-order valence-electron chi connectivity index (χ3n) is 1.54. The average molecular weight is 216 g/mol. The second-order valence-corrected chi connectivity index (χ2v) is 2.93. The van der Waals surface area contributed by atoms with Gasteiger partial charge in [-0.25, -0.2) is 0 Å². The van der Waals surface area contributed by atoms with Crippen LogP contribution in [0.2, 0.25) is 5.28 Å². The molecule has 1 heterocycles. The smallest absolute Gasteiger partial charge is 0.244 e. The number of hydrogen-bond donors (Lipinski definition) is 2. The van der Waals surface area contributed by atoms with Crippen LogP contribution in [-0.4, -0.2) is 34.2 Å². The van der Waals surface area contributed by atoms with Gasteiger partial charge in [0.05, 0.1) is 6.20 Å². The van der Waals surface area contributed by atoms with E-state index in [0.717, 1.165) is 0 Å². The summed E-state index contributed by atoms with van der Waals surface area (Å²) in [4.78, 5) is 15.0. The highest BCUT2D eigenvalue weighted by molar-refractivity contribution is 6.28. The Morgan fingerprint density at radius 3 is 2.93 bits per heavy atom. The molecular formula is C7H10ClN5O. The maximum atomic E-state index is 11.1. The van der Waals surface area contributed by atoms with Crippen LogP contribution in [0.5, 0.6) is 0 Å². The summed E-state index contributed by atoms with van der Waals surface area (Å²) < 4.78 is 0. The highest BCUT2D eigenvalue weighted by Gasteiger charge is 2.11. The number of halogens is 1. The maximum absolute atomic E-state index is 11.1. The molecule has 14 heavy (non-hydrogen) atoms. The summed E-state index contributed by atoms with van der Waals surface area (Å²) in [6.07, 6.45) is 1.39. The number of nitrogens with zero attached hydrogens (tertiary/aromatic N) is 3. The minimum atomic E-state index is -0.396. The summed E-state index contributed by atoms with van der Waals surface area (Å²) in [5, 5.41) is 12.4. The van der Waals surface area contributed by atoms with Crippen LogP contribution in [0, 0.1) is 0 Å². The second-order valence-electron chi connectivity index (χ2n) is 2.59. The molecule has 0 aliphatic carbocycles. The molecule has 1 amide bonds. The van der Waals surface area contributed by atoms with Crippen molar-refractivity contribution in [3.8, 4) is 0 Å². The van der Waals surface area contributed by atoms with Gasteiger partial charge in [0, 0.05) is 7.05 Å². The third-order valence-corrected chi connectivity index (χ3v) is 1.70. The number of carbonyl (C=O) groups is 1. The predicted octanol–water partition coefficient (Wildman–Crippen LogP) is 0.0714. The Labute approximate surface area is 86.1 Å². The molecule has 0 saturated heterocycles. The normalized spacial score (nSPS) is 11.9. The van der Waals surface area contributed by atoms with Gasteiger partial charge in [-0.15, -0.1) is 5.10 Å². The molecule has 1 aromatic rings. The second kappa shape index (κ2) is 4.71. The van der Waals surface area contributed by atoms with Gasteiger partial charge in [-0.2, -0.15) is 10.1 Å². The van der Waals surface area contributed by atoms with E-state index in [9.17, 15) is 4.79 Å². The first-order valence-electron chi connectivity index (χ1n) is 3.97. The topological polar surface area (TPSA) is 79.8 Å². The van der Waals surface area contributed by atoms with Gasteiger partial charge >= 0.3 is 0 Å². The fraction of sp³-hybridized carbons (Fsp3) is 0.429. The Morgan fingerprint density at radius 1 is 1.64 bits per heavy atom. The van der Waals surface area contributed by atoms with Crippen molar-refractivity contribution in [2.24, 2.45) is 0 Å². The van der Waals surface area contributed by atoms with Gasteiger partial charge in [0.2, 0.25) is 11.2 Å². The molecule has 0 saturated carbocycles. The molecule has 6 nitrogen and oxygen atoms in total. The van der Waals surface area contributed by atoms with Gasteiger partial charge in [0.1, 0.15) is 6.04 Å². The SMILES string of the molecule is CNC(=O)C(C)Nc1cnnc(Cl)n1. The number of aromatic nitrogens is 3. The minimum Gasteiger partial charge on any atom is -0.357 e. The zero-order chi connectivity index (χ0) is 10.6. The van der Waals surface area contributed by atoms with E-state index in [1.54, 1.807) is 14.0 Å². The Morgan fingerprint density at radius 2 is 2.36 bits per heavy atom. The molecule has 1 aromatic heterocycles. The van der Waals surface area contributed by atoms with Crippen LogP contribution in [0.15, 0.2) is 6.20 Å². The molecule has 7 heteroatoms. The zero-order valence-corrected chi connectivity index (χ0v) is 8.54. The first-order valence-corrected chi connectivity index (χ1v) is 4.34. The summed E-state index contributed by atoms with van der Waals surface area (Å²) in [6.45, 7) is 1.70. The summed E-state index contributed by atoms with van der Waals surface area (Å²) >= 11 is 5.52. The lowest BCUT2D eigenvalue weighted by molar-refractivity contribution is -0.121. The highest BCUT2D eigenvalue weighted by Crippen LogP contribution is 2.05. The quantitative estimate of drug-likeness (QED) is 0.746. The molecule has 0 aromatic carbocycles. The number of hydrogen-bond acceptors (Lipinski definition) is 5. The van der Waals surface area contributed by atoms with Crippen molar-refractivity contribution in [1.29, 1.82) is 0 Å². The van der Waals surface area contributed by atoms with Crippen LogP contribution in [-0.2, 0) is 4.79 Å². The number of rotatable bonds is 3. The third kappa shape index (κ3) is 2.81. The lowest BCUT2D eigenvalue weighted by atomic mass is 10.3. The van der Waals surface area contributed by atoms with Crippen LogP contribution in [0.1, 0.15) is 6.92 Å². The predicted molar refractivity (Wildman–Crippen MR) is 52.0 cm³/mol. The van der Waals surface area contributed by atoms with Gasteiger partial charge in [-0.1, -0.05) is 0 Å². The molecule has 1 rings (SSSR count). The van der Waals surface area contributed by atoms with Gasteiger partial charge in [-0.3, -0.25) is 4.79 Å². The van der Waals surface area contributed by atoms with Crippen LogP contribution in [0.4, 0.5) is 5.82 Å². The van der Waals surface area contributed by atoms with E-state index < -0.39 is 6.04 Å². The molecule has 0 aliphatic rings. The summed E-state index contributed by atoms with van der Waals surface area (Å²) in [5.74, 6) is 0.279. The van der Waals surface area contributed by atoms with Crippen molar-refractivity contribution in [3.63, 3.8) is 0 Å². The highest BCUT2D eigenvalue weighted by atomic mass is 35.5. The van der Waals surface area contributed by atoms with Crippen molar-refractivity contribution in [3.05, 3.63) is 11.5 Å². The molecule has 0 bridgehead atoms. The van der Waals surface area contributed by atoms with E-state index in [-0.39, 0.29) is 11.2 Å². The molecule has 76 valence electrons. The minimum absolute atomic E-state index is 0.0408. The number of nitrogens with one attached hydrogen (secondary N) is 2. The standard InChI is InChI=1S/C7H10ClN5O/c1-4(6(14)9-2)11-5-3-10-13-7(8)12-5/h3-4H,1-2H3,(H,9,14)(H,11,12,13). The summed E-state index contributed by atoms with van der Waals surface area (Å²) in [5.41, 5.74) is 0. The van der Waals surface area contributed by atoms with Crippen molar-refractivity contribution < 1.29 is 4.79 Å². The van der Waals surface area contributed by atoms with E-state index in [2.05, 4.69) is 25.8 Å². The largest absolute Gasteiger partial charge is 0.357 e. The maximum Gasteiger partial charge on any atom is 0.244 e. The number of amides is 1. The first-order chi connectivity index (χ1) is 6.63. The van der Waals surface area contributed by atoms with Gasteiger partial charge in [0.15, 0.2) is 5.82 Å². The first kappa shape index (κ1) is 10.6. The lowest BCUT2D eigenvalue weighted by Crippen LogP contribution is -2.35. The molecule has 1 atom stereocenters. The summed E-state index contributed by atoms with van der Waals surface area (Å²) in [6, 6.07) is -0.396. The zero-order valence-electron chi connectivity index (χ0n) is 7.78. The molecule has 0 radical (unpaired) electrons. The van der Waals surface area contributed by atoms with Crippen molar-refractivity contribution in [2.75, 3.05) is 12.4 Å². The van der Waals surface area contributed by atoms with Crippen LogP contribution in [0.25, 0.3) is 0 Å². The van der Waals surface area contributed by atoms with Gasteiger partial charge in [-0.05, 0) is 18.5 Å². The Kier molecular flexibility index (Phi) is 3.58. The average Bonchev–Trinajstić information content (AvgIpc) is 2.16.